The molecule has 3 aromatic carbocycles. The maximum Gasteiger partial charge on any atom is 0.322 e. The van der Waals surface area contributed by atoms with Crippen molar-refractivity contribution >= 4 is 22.6 Å². The van der Waals surface area contributed by atoms with Crippen molar-refractivity contribution in [3.8, 4) is 0 Å². The molecule has 2 heterocycles. The number of nitrogens with zero attached hydrogens (tertiary/aromatic N) is 1. The first-order valence-corrected chi connectivity index (χ1v) is 11.0. The van der Waals surface area contributed by atoms with Crippen LogP contribution in [0.25, 0.3) is 10.9 Å². The largest absolute Gasteiger partial charge is 0.356 e. The number of aryl methyl sites for hydroxylation is 2. The second kappa shape index (κ2) is 7.95. The maximum absolute atomic E-state index is 13.5. The third-order valence-electron chi connectivity index (χ3n) is 6.33. The fourth-order valence-electron chi connectivity index (χ4n) is 4.69. The molecule has 1 atom stereocenters. The minimum absolute atomic E-state index is 0.0595. The van der Waals surface area contributed by atoms with Crippen LogP contribution >= 0.6 is 0 Å². The highest BCUT2D eigenvalue weighted by Gasteiger charge is 2.34. The summed E-state index contributed by atoms with van der Waals surface area (Å²) in [4.78, 5) is 19.1. The van der Waals surface area contributed by atoms with Crippen LogP contribution in [0, 0.1) is 6.92 Å². The number of carbonyl (C=O) groups excluding carboxylic acids is 1. The number of hydrogen-bond acceptors (Lipinski definition) is 1. The predicted molar refractivity (Wildman–Crippen MR) is 127 cm³/mol. The highest BCUT2D eigenvalue weighted by atomic mass is 16.2. The number of para-hydroxylation sites is 2. The molecule has 0 saturated heterocycles. The van der Waals surface area contributed by atoms with E-state index in [0.717, 1.165) is 40.9 Å². The molecule has 4 aromatic rings. The molecule has 1 aromatic heterocycles. The lowest BCUT2D eigenvalue weighted by atomic mass is 9.92. The van der Waals surface area contributed by atoms with Gasteiger partial charge in [-0.3, -0.25) is 0 Å². The van der Waals surface area contributed by atoms with E-state index in [2.05, 4.69) is 78.7 Å². The molecule has 1 aliphatic heterocycles. The summed E-state index contributed by atoms with van der Waals surface area (Å²) in [5.41, 5.74) is 7.94. The van der Waals surface area contributed by atoms with E-state index < -0.39 is 0 Å². The van der Waals surface area contributed by atoms with Gasteiger partial charge < -0.3 is 15.2 Å². The molecule has 2 amide bonds. The monoisotopic (exact) mass is 409 g/mol. The fraction of sp³-hybridized carbons (Fsp3) is 0.222. The maximum atomic E-state index is 13.5. The number of nitrogens with one attached hydrogen (secondary N) is 2. The first kappa shape index (κ1) is 19.4. The molecule has 2 N–H and O–H groups in total. The van der Waals surface area contributed by atoms with E-state index in [0.29, 0.717) is 6.54 Å². The van der Waals surface area contributed by atoms with Crippen LogP contribution in [-0.2, 0) is 12.8 Å². The summed E-state index contributed by atoms with van der Waals surface area (Å²) in [5, 5.41) is 4.44. The van der Waals surface area contributed by atoms with Crippen molar-refractivity contribution in [2.75, 3.05) is 11.9 Å². The SMILES string of the molecule is CCc1ccccc1NC(=O)N1CCc2c([nH]c3ccccc23)[C@@H]1c1ccc(C)cc1. The van der Waals surface area contributed by atoms with Crippen LogP contribution in [0.15, 0.2) is 72.8 Å². The van der Waals surface area contributed by atoms with E-state index in [1.807, 2.05) is 23.1 Å². The molecular formula is C27H27N3O. The molecule has 0 saturated carbocycles. The van der Waals surface area contributed by atoms with Crippen molar-refractivity contribution in [1.82, 2.24) is 9.88 Å². The van der Waals surface area contributed by atoms with Gasteiger partial charge in [0.2, 0.25) is 0 Å². The van der Waals surface area contributed by atoms with Crippen LogP contribution < -0.4 is 5.32 Å². The smallest absolute Gasteiger partial charge is 0.322 e. The van der Waals surface area contributed by atoms with Gasteiger partial charge in [-0.1, -0.05) is 73.2 Å². The number of H-pyrrole nitrogens is 1. The topological polar surface area (TPSA) is 48.1 Å². The Bertz CT molecular complexity index is 1240. The molecule has 1 aliphatic rings. The molecule has 4 nitrogen and oxygen atoms in total. The Morgan fingerprint density at radius 1 is 1.03 bits per heavy atom. The summed E-state index contributed by atoms with van der Waals surface area (Å²) in [6.07, 6.45) is 1.72. The number of amides is 2. The van der Waals surface area contributed by atoms with Crippen molar-refractivity contribution in [2.24, 2.45) is 0 Å². The molecule has 156 valence electrons. The number of aromatic amines is 1. The lowest BCUT2D eigenvalue weighted by Crippen LogP contribution is -2.43. The molecular weight excluding hydrogens is 382 g/mol. The fourth-order valence-corrected chi connectivity index (χ4v) is 4.69. The van der Waals surface area contributed by atoms with E-state index in [1.165, 1.54) is 16.5 Å². The summed E-state index contributed by atoms with van der Waals surface area (Å²) in [7, 11) is 0. The third-order valence-corrected chi connectivity index (χ3v) is 6.33. The van der Waals surface area contributed by atoms with E-state index >= 15 is 0 Å². The van der Waals surface area contributed by atoms with Crippen molar-refractivity contribution in [2.45, 2.75) is 32.7 Å². The summed E-state index contributed by atoms with van der Waals surface area (Å²) in [6.45, 7) is 4.87. The Morgan fingerprint density at radius 3 is 2.58 bits per heavy atom. The van der Waals surface area contributed by atoms with Gasteiger partial charge in [-0.2, -0.15) is 0 Å². The highest BCUT2D eigenvalue weighted by molar-refractivity contribution is 5.92. The molecule has 5 rings (SSSR count). The minimum Gasteiger partial charge on any atom is -0.356 e. The molecule has 0 spiro atoms. The zero-order valence-electron chi connectivity index (χ0n) is 18.0. The molecule has 0 radical (unpaired) electrons. The quantitative estimate of drug-likeness (QED) is 0.415. The van der Waals surface area contributed by atoms with Gasteiger partial charge in [0.25, 0.3) is 0 Å². The molecule has 0 unspecified atom stereocenters. The van der Waals surface area contributed by atoms with Crippen LogP contribution in [0.5, 0.6) is 0 Å². The van der Waals surface area contributed by atoms with Gasteiger partial charge in [0.1, 0.15) is 0 Å². The Hall–Kier alpha value is -3.53. The van der Waals surface area contributed by atoms with Crippen molar-refractivity contribution in [3.63, 3.8) is 0 Å². The van der Waals surface area contributed by atoms with Gasteiger partial charge in [-0.15, -0.1) is 0 Å². The second-order valence-corrected chi connectivity index (χ2v) is 8.26. The van der Waals surface area contributed by atoms with Crippen molar-refractivity contribution < 1.29 is 4.79 Å². The van der Waals surface area contributed by atoms with Crippen molar-refractivity contribution in [3.05, 3.63) is 101 Å². The van der Waals surface area contributed by atoms with E-state index in [4.69, 9.17) is 0 Å². The zero-order valence-corrected chi connectivity index (χ0v) is 18.0. The highest BCUT2D eigenvalue weighted by Crippen LogP contribution is 2.38. The average molecular weight is 410 g/mol. The number of fused-ring (bicyclic) bond motifs is 3. The number of urea groups is 1. The third kappa shape index (κ3) is 3.48. The van der Waals surface area contributed by atoms with E-state index in [9.17, 15) is 4.79 Å². The van der Waals surface area contributed by atoms with Gasteiger partial charge in [0, 0.05) is 28.8 Å². The molecule has 0 aliphatic carbocycles. The Balaban J connectivity index is 1.57. The normalized spacial score (nSPS) is 15.7. The summed E-state index contributed by atoms with van der Waals surface area (Å²) >= 11 is 0. The van der Waals surface area contributed by atoms with Gasteiger partial charge in [-0.05, 0) is 48.6 Å². The number of anilines is 1. The molecule has 31 heavy (non-hydrogen) atoms. The number of benzene rings is 3. The predicted octanol–water partition coefficient (Wildman–Crippen LogP) is 6.22. The Morgan fingerprint density at radius 2 is 1.77 bits per heavy atom. The molecule has 0 fully saturated rings. The van der Waals surface area contributed by atoms with Crippen molar-refractivity contribution in [1.29, 1.82) is 0 Å². The number of carbonyl (C=O) groups is 1. The van der Waals surface area contributed by atoms with Gasteiger partial charge in [0.05, 0.1) is 6.04 Å². The number of hydrogen-bond donors (Lipinski definition) is 2. The number of rotatable bonds is 3. The zero-order chi connectivity index (χ0) is 21.4. The summed E-state index contributed by atoms with van der Waals surface area (Å²) in [5.74, 6) is 0. The van der Waals surface area contributed by atoms with Crippen LogP contribution in [0.2, 0.25) is 0 Å². The Kier molecular flexibility index (Phi) is 4.99. The summed E-state index contributed by atoms with van der Waals surface area (Å²) < 4.78 is 0. The Labute approximate surface area is 182 Å². The van der Waals surface area contributed by atoms with Crippen LogP contribution in [-0.4, -0.2) is 22.5 Å². The second-order valence-electron chi connectivity index (χ2n) is 8.26. The first-order chi connectivity index (χ1) is 15.2. The van der Waals surface area contributed by atoms with Crippen LogP contribution in [0.3, 0.4) is 0 Å². The van der Waals surface area contributed by atoms with E-state index in [-0.39, 0.29) is 12.1 Å². The van der Waals surface area contributed by atoms with Gasteiger partial charge in [-0.25, -0.2) is 4.79 Å². The standard InChI is InChI=1S/C27H27N3O/c1-3-19-8-4-6-10-23(19)29-27(31)30-17-16-22-21-9-5-7-11-24(21)28-25(22)26(30)20-14-12-18(2)13-15-20/h4-15,26,28H,3,16-17H2,1-2H3,(H,29,31)/t26-/m0/s1. The average Bonchev–Trinajstić information content (AvgIpc) is 3.18. The first-order valence-electron chi connectivity index (χ1n) is 11.0. The molecule has 0 bridgehead atoms. The lowest BCUT2D eigenvalue weighted by molar-refractivity contribution is 0.193. The molecule has 4 heteroatoms. The minimum atomic E-state index is -0.148. The number of aromatic nitrogens is 1. The van der Waals surface area contributed by atoms with Gasteiger partial charge in [0.15, 0.2) is 0 Å². The van der Waals surface area contributed by atoms with Crippen LogP contribution in [0.4, 0.5) is 10.5 Å². The lowest BCUT2D eigenvalue weighted by Gasteiger charge is -2.36. The van der Waals surface area contributed by atoms with E-state index in [1.54, 1.807) is 0 Å². The van der Waals surface area contributed by atoms with Crippen LogP contribution in [0.1, 0.15) is 40.9 Å². The summed E-state index contributed by atoms with van der Waals surface area (Å²) in [6, 6.07) is 24.8. The van der Waals surface area contributed by atoms with Gasteiger partial charge >= 0.3 is 6.03 Å².